The van der Waals surface area contributed by atoms with Crippen LogP contribution in [0.2, 0.25) is 0 Å². The number of rotatable bonds is 5. The number of hydrogen-bond donors (Lipinski definition) is 1. The Kier molecular flexibility index (Phi) is 5.44. The summed E-state index contributed by atoms with van der Waals surface area (Å²) in [6, 6.07) is 0. The summed E-state index contributed by atoms with van der Waals surface area (Å²) in [6.07, 6.45) is 10.9. The van der Waals surface area contributed by atoms with Gasteiger partial charge in [0.05, 0.1) is 0 Å². The van der Waals surface area contributed by atoms with Crippen molar-refractivity contribution in [2.24, 2.45) is 11.8 Å². The third kappa shape index (κ3) is 4.50. The topological polar surface area (TPSA) is 37.3 Å². The number of carbonyl (C=O) groups is 1. The van der Waals surface area contributed by atoms with E-state index in [0.29, 0.717) is 11.8 Å². The average molecular weight is 210 g/mol. The molecule has 1 fully saturated rings. The Hall–Kier alpha value is -0.790. The van der Waals surface area contributed by atoms with E-state index in [1.807, 2.05) is 6.08 Å². The van der Waals surface area contributed by atoms with Gasteiger partial charge < -0.3 is 5.11 Å². The summed E-state index contributed by atoms with van der Waals surface area (Å²) >= 11 is 0. The van der Waals surface area contributed by atoms with Gasteiger partial charge in [0.1, 0.15) is 0 Å². The summed E-state index contributed by atoms with van der Waals surface area (Å²) < 4.78 is 0. The van der Waals surface area contributed by atoms with E-state index in [9.17, 15) is 4.79 Å². The van der Waals surface area contributed by atoms with Crippen LogP contribution in [-0.2, 0) is 4.79 Å². The van der Waals surface area contributed by atoms with Crippen molar-refractivity contribution >= 4 is 5.97 Å². The zero-order valence-electron chi connectivity index (χ0n) is 9.45. The number of carboxylic acid groups (broad SMARTS) is 1. The smallest absolute Gasteiger partial charge is 0.303 e. The van der Waals surface area contributed by atoms with Gasteiger partial charge in [0.25, 0.3) is 0 Å². The van der Waals surface area contributed by atoms with Crippen molar-refractivity contribution in [2.75, 3.05) is 0 Å². The Bertz CT molecular complexity index is 203. The molecule has 1 rings (SSSR count). The number of hydrogen-bond acceptors (Lipinski definition) is 1. The van der Waals surface area contributed by atoms with Crippen LogP contribution in [-0.4, -0.2) is 11.1 Å². The maximum Gasteiger partial charge on any atom is 0.303 e. The summed E-state index contributed by atoms with van der Waals surface area (Å²) in [7, 11) is 0. The highest BCUT2D eigenvalue weighted by molar-refractivity contribution is 5.66. The Balaban J connectivity index is 2.40. The first kappa shape index (κ1) is 12.3. The molecule has 1 unspecified atom stereocenters. The second-order valence-electron chi connectivity index (χ2n) is 4.58. The van der Waals surface area contributed by atoms with E-state index < -0.39 is 5.97 Å². The number of aliphatic carboxylic acids is 1. The summed E-state index contributed by atoms with van der Waals surface area (Å²) in [4.78, 5) is 10.5. The molecule has 86 valence electrons. The Morgan fingerprint density at radius 1 is 1.33 bits per heavy atom. The van der Waals surface area contributed by atoms with Crippen LogP contribution in [0.1, 0.15) is 51.4 Å². The third-order valence-corrected chi connectivity index (χ3v) is 3.50. The molecule has 1 aliphatic rings. The van der Waals surface area contributed by atoms with Crippen molar-refractivity contribution in [2.45, 2.75) is 51.4 Å². The molecule has 0 spiro atoms. The van der Waals surface area contributed by atoms with E-state index in [1.165, 1.54) is 38.5 Å². The molecule has 15 heavy (non-hydrogen) atoms. The van der Waals surface area contributed by atoms with Gasteiger partial charge in [-0.1, -0.05) is 31.8 Å². The first-order valence-corrected chi connectivity index (χ1v) is 6.08. The molecule has 0 amide bonds. The van der Waals surface area contributed by atoms with Gasteiger partial charge in [-0.15, -0.1) is 6.58 Å². The maximum absolute atomic E-state index is 10.5. The van der Waals surface area contributed by atoms with Gasteiger partial charge in [0.15, 0.2) is 0 Å². The van der Waals surface area contributed by atoms with Gasteiger partial charge in [0.2, 0.25) is 0 Å². The molecule has 0 aromatic heterocycles. The van der Waals surface area contributed by atoms with E-state index in [-0.39, 0.29) is 6.42 Å². The lowest BCUT2D eigenvalue weighted by Crippen LogP contribution is -2.13. The monoisotopic (exact) mass is 210 g/mol. The SMILES string of the molecule is C=CC(CCC(=O)O)C1CCCCCC1. The largest absolute Gasteiger partial charge is 0.481 e. The highest BCUT2D eigenvalue weighted by Gasteiger charge is 2.20. The standard InChI is InChI=1S/C13H22O2/c1-2-11(9-10-13(14)15)12-7-5-3-4-6-8-12/h2,11-12H,1,3-10H2,(H,14,15). The molecule has 0 aliphatic heterocycles. The number of carboxylic acids is 1. The molecule has 1 saturated carbocycles. The fourth-order valence-electron chi connectivity index (χ4n) is 2.58. The van der Waals surface area contributed by atoms with Crippen LogP contribution in [0.4, 0.5) is 0 Å². The Morgan fingerprint density at radius 2 is 1.93 bits per heavy atom. The minimum Gasteiger partial charge on any atom is -0.481 e. The summed E-state index contributed by atoms with van der Waals surface area (Å²) in [5.74, 6) is 0.416. The van der Waals surface area contributed by atoms with Crippen molar-refractivity contribution < 1.29 is 9.90 Å². The lowest BCUT2D eigenvalue weighted by molar-refractivity contribution is -0.137. The third-order valence-electron chi connectivity index (χ3n) is 3.50. The lowest BCUT2D eigenvalue weighted by atomic mass is 9.83. The Morgan fingerprint density at radius 3 is 2.40 bits per heavy atom. The number of allylic oxidation sites excluding steroid dienone is 1. The van der Waals surface area contributed by atoms with Gasteiger partial charge >= 0.3 is 5.97 Å². The molecule has 0 radical (unpaired) electrons. The Labute approximate surface area is 92.4 Å². The van der Waals surface area contributed by atoms with Crippen LogP contribution >= 0.6 is 0 Å². The second-order valence-corrected chi connectivity index (χ2v) is 4.58. The minimum absolute atomic E-state index is 0.285. The molecule has 0 saturated heterocycles. The van der Waals surface area contributed by atoms with Gasteiger partial charge in [-0.3, -0.25) is 4.79 Å². The van der Waals surface area contributed by atoms with Crippen molar-refractivity contribution in [1.29, 1.82) is 0 Å². The average Bonchev–Trinajstić information content (AvgIpc) is 2.47. The molecule has 0 heterocycles. The van der Waals surface area contributed by atoms with Gasteiger partial charge in [-0.2, -0.15) is 0 Å². The van der Waals surface area contributed by atoms with Crippen molar-refractivity contribution in [1.82, 2.24) is 0 Å². The van der Waals surface area contributed by atoms with Crippen molar-refractivity contribution in [3.8, 4) is 0 Å². The predicted molar refractivity (Wildman–Crippen MR) is 61.7 cm³/mol. The normalized spacial score (nSPS) is 20.5. The van der Waals surface area contributed by atoms with Crippen LogP contribution in [0.3, 0.4) is 0 Å². The molecule has 0 aromatic carbocycles. The van der Waals surface area contributed by atoms with E-state index in [1.54, 1.807) is 0 Å². The second kappa shape index (κ2) is 6.65. The van der Waals surface area contributed by atoms with E-state index in [0.717, 1.165) is 6.42 Å². The maximum atomic E-state index is 10.5. The zero-order valence-corrected chi connectivity index (χ0v) is 9.45. The molecule has 1 aliphatic carbocycles. The van der Waals surface area contributed by atoms with Gasteiger partial charge in [-0.05, 0) is 31.1 Å². The summed E-state index contributed by atoms with van der Waals surface area (Å²) in [5, 5.41) is 8.68. The van der Waals surface area contributed by atoms with E-state index in [2.05, 4.69) is 6.58 Å². The van der Waals surface area contributed by atoms with E-state index in [4.69, 9.17) is 5.11 Å². The summed E-state index contributed by atoms with van der Waals surface area (Å²) in [6.45, 7) is 3.85. The van der Waals surface area contributed by atoms with Gasteiger partial charge in [-0.25, -0.2) is 0 Å². The molecule has 2 nitrogen and oxygen atoms in total. The molecular formula is C13H22O2. The van der Waals surface area contributed by atoms with Crippen molar-refractivity contribution in [3.05, 3.63) is 12.7 Å². The minimum atomic E-state index is -0.685. The van der Waals surface area contributed by atoms with Gasteiger partial charge in [0, 0.05) is 6.42 Å². The van der Waals surface area contributed by atoms with Crippen LogP contribution < -0.4 is 0 Å². The molecule has 2 heteroatoms. The molecule has 0 bridgehead atoms. The lowest BCUT2D eigenvalue weighted by Gasteiger charge is -2.22. The molecule has 1 atom stereocenters. The van der Waals surface area contributed by atoms with Crippen LogP contribution in [0, 0.1) is 11.8 Å². The highest BCUT2D eigenvalue weighted by Crippen LogP contribution is 2.31. The first-order chi connectivity index (χ1) is 7.24. The first-order valence-electron chi connectivity index (χ1n) is 6.08. The van der Waals surface area contributed by atoms with Crippen LogP contribution in [0.5, 0.6) is 0 Å². The van der Waals surface area contributed by atoms with Crippen LogP contribution in [0.15, 0.2) is 12.7 Å². The van der Waals surface area contributed by atoms with E-state index >= 15 is 0 Å². The van der Waals surface area contributed by atoms with Crippen molar-refractivity contribution in [3.63, 3.8) is 0 Å². The quantitative estimate of drug-likeness (QED) is 0.556. The summed E-state index contributed by atoms with van der Waals surface area (Å²) in [5.41, 5.74) is 0. The highest BCUT2D eigenvalue weighted by atomic mass is 16.4. The fraction of sp³-hybridized carbons (Fsp3) is 0.769. The zero-order chi connectivity index (χ0) is 11.1. The molecule has 0 aromatic rings. The fourth-order valence-corrected chi connectivity index (χ4v) is 2.58. The molecule has 1 N–H and O–H groups in total. The molecular weight excluding hydrogens is 188 g/mol. The van der Waals surface area contributed by atoms with Crippen LogP contribution in [0.25, 0.3) is 0 Å². The predicted octanol–water partition coefficient (Wildman–Crippen LogP) is 3.62.